The third-order valence-corrected chi connectivity index (χ3v) is 4.24. The van der Waals surface area contributed by atoms with Gasteiger partial charge in [-0.25, -0.2) is 4.39 Å². The van der Waals surface area contributed by atoms with Crippen molar-refractivity contribution in [1.29, 1.82) is 0 Å². The van der Waals surface area contributed by atoms with Crippen LogP contribution in [0.2, 0.25) is 0 Å². The second-order valence-electron chi connectivity index (χ2n) is 6.29. The number of benzene rings is 1. The average molecular weight is 293 g/mol. The van der Waals surface area contributed by atoms with Crippen molar-refractivity contribution in [2.75, 3.05) is 11.9 Å². The molecule has 7 heteroatoms. The van der Waals surface area contributed by atoms with Crippen LogP contribution < -0.4 is 15.5 Å². The van der Waals surface area contributed by atoms with Crippen LogP contribution in [0.4, 0.5) is 10.1 Å². The molecule has 0 unspecified atom stereocenters. The van der Waals surface area contributed by atoms with Gasteiger partial charge < -0.3 is 19.4 Å². The minimum Gasteiger partial charge on any atom is -0.481 e. The van der Waals surface area contributed by atoms with Crippen LogP contribution in [0.25, 0.3) is 0 Å². The van der Waals surface area contributed by atoms with E-state index in [-0.39, 0.29) is 18.0 Å². The van der Waals surface area contributed by atoms with Crippen LogP contribution >= 0.6 is 0 Å². The Balaban J connectivity index is 1.97. The summed E-state index contributed by atoms with van der Waals surface area (Å²) in [6.07, 6.45) is 0. The van der Waals surface area contributed by atoms with Gasteiger partial charge in [0.1, 0.15) is 11.6 Å². The van der Waals surface area contributed by atoms with Gasteiger partial charge in [-0.15, -0.1) is 0 Å². The lowest BCUT2D eigenvalue weighted by atomic mass is 9.78. The Labute approximate surface area is 122 Å². The molecule has 1 amide bonds. The van der Waals surface area contributed by atoms with E-state index in [1.165, 1.54) is 12.1 Å². The summed E-state index contributed by atoms with van der Waals surface area (Å²) in [5, 5.41) is 2.65. The van der Waals surface area contributed by atoms with Crippen molar-refractivity contribution in [2.45, 2.75) is 38.9 Å². The fraction of sp³-hybridized carbons (Fsp3) is 0.500. The predicted molar refractivity (Wildman–Crippen MR) is 76.2 cm³/mol. The first-order valence-corrected chi connectivity index (χ1v) is 6.81. The van der Waals surface area contributed by atoms with Gasteiger partial charge in [0.05, 0.1) is 16.9 Å². The lowest BCUT2D eigenvalue weighted by Crippen LogP contribution is -2.41. The van der Waals surface area contributed by atoms with Crippen LogP contribution in [0, 0.1) is 5.82 Å². The van der Waals surface area contributed by atoms with Gasteiger partial charge in [-0.05, 0) is 33.8 Å². The normalized spacial score (nSPS) is 22.5. The molecule has 2 heterocycles. The van der Waals surface area contributed by atoms with Gasteiger partial charge in [0.25, 0.3) is 5.91 Å². The van der Waals surface area contributed by atoms with Crippen molar-refractivity contribution in [3.05, 3.63) is 17.9 Å². The van der Waals surface area contributed by atoms with Crippen molar-refractivity contribution >= 4 is 24.2 Å². The number of rotatable bonds is 1. The number of hydrogen-bond donors (Lipinski definition) is 1. The zero-order valence-electron chi connectivity index (χ0n) is 12.5. The molecule has 1 N–H and O–H groups in total. The highest BCUT2D eigenvalue weighted by Crippen LogP contribution is 2.37. The molecule has 112 valence electrons. The maximum atomic E-state index is 14.3. The molecule has 0 spiro atoms. The number of fused-ring (bicyclic) bond motifs is 1. The number of carbonyl (C=O) groups is 1. The topological polar surface area (TPSA) is 56.8 Å². The molecule has 1 saturated heterocycles. The van der Waals surface area contributed by atoms with Gasteiger partial charge >= 0.3 is 7.12 Å². The molecule has 0 radical (unpaired) electrons. The van der Waals surface area contributed by atoms with E-state index in [9.17, 15) is 9.18 Å². The van der Waals surface area contributed by atoms with E-state index in [2.05, 4.69) is 5.32 Å². The van der Waals surface area contributed by atoms with E-state index in [0.717, 1.165) is 0 Å². The first-order valence-electron chi connectivity index (χ1n) is 6.81. The van der Waals surface area contributed by atoms with Crippen LogP contribution in [-0.2, 0) is 14.1 Å². The zero-order chi connectivity index (χ0) is 15.4. The Morgan fingerprint density at radius 2 is 1.81 bits per heavy atom. The van der Waals surface area contributed by atoms with E-state index in [1.807, 2.05) is 27.7 Å². The van der Waals surface area contributed by atoms with E-state index >= 15 is 0 Å². The molecule has 1 aromatic rings. The van der Waals surface area contributed by atoms with Crippen molar-refractivity contribution in [1.82, 2.24) is 0 Å². The van der Waals surface area contributed by atoms with Crippen LogP contribution in [0.3, 0.4) is 0 Å². The summed E-state index contributed by atoms with van der Waals surface area (Å²) in [7, 11) is -0.820. The molecule has 1 fully saturated rings. The third-order valence-electron chi connectivity index (χ3n) is 4.24. The van der Waals surface area contributed by atoms with Crippen molar-refractivity contribution in [3.8, 4) is 5.75 Å². The first kappa shape index (κ1) is 14.3. The number of amides is 1. The molecule has 2 aliphatic heterocycles. The standard InChI is InChI=1S/C14H17BFNO4/c1-13(2)14(3,4)21-15(20-13)8-5-10-11(6-9(8)16)19-7-12(18)17-10/h5-6H,7H2,1-4H3,(H,17,18). The third kappa shape index (κ3) is 2.30. The fourth-order valence-corrected chi connectivity index (χ4v) is 2.27. The summed E-state index contributed by atoms with van der Waals surface area (Å²) < 4.78 is 31.1. The summed E-state index contributed by atoms with van der Waals surface area (Å²) in [6, 6.07) is 2.75. The quantitative estimate of drug-likeness (QED) is 0.796. The van der Waals surface area contributed by atoms with Gasteiger partial charge in [0, 0.05) is 11.5 Å². The smallest absolute Gasteiger partial charge is 0.481 e. The van der Waals surface area contributed by atoms with E-state index in [0.29, 0.717) is 11.4 Å². The highest BCUT2D eigenvalue weighted by atomic mass is 19.1. The van der Waals surface area contributed by atoms with Crippen LogP contribution in [0.1, 0.15) is 27.7 Å². The number of nitrogens with one attached hydrogen (secondary N) is 1. The molecule has 1 aromatic carbocycles. The molecule has 2 aliphatic rings. The summed E-state index contributed by atoms with van der Waals surface area (Å²) in [5.41, 5.74) is -0.435. The van der Waals surface area contributed by atoms with E-state index in [4.69, 9.17) is 14.0 Å². The molecule has 0 bridgehead atoms. The van der Waals surface area contributed by atoms with Crippen LogP contribution in [0.15, 0.2) is 12.1 Å². The first-order chi connectivity index (χ1) is 9.69. The second-order valence-corrected chi connectivity index (χ2v) is 6.29. The molecule has 21 heavy (non-hydrogen) atoms. The molecule has 3 rings (SSSR count). The average Bonchev–Trinajstić information content (AvgIpc) is 2.58. The summed E-state index contributed by atoms with van der Waals surface area (Å²) in [6.45, 7) is 7.48. The second kappa shape index (κ2) is 4.45. The highest BCUT2D eigenvalue weighted by Gasteiger charge is 2.52. The van der Waals surface area contributed by atoms with Gasteiger partial charge in [-0.1, -0.05) is 0 Å². The monoisotopic (exact) mass is 293 g/mol. The minimum atomic E-state index is -0.820. The van der Waals surface area contributed by atoms with Crippen LogP contribution in [0.5, 0.6) is 5.75 Å². The molecular formula is C14H17BFNO4. The van der Waals surface area contributed by atoms with Gasteiger partial charge in [0.15, 0.2) is 6.61 Å². The maximum Gasteiger partial charge on any atom is 0.497 e. The Hall–Kier alpha value is -1.60. The van der Waals surface area contributed by atoms with Gasteiger partial charge in [-0.3, -0.25) is 4.79 Å². The fourth-order valence-electron chi connectivity index (χ4n) is 2.27. The van der Waals surface area contributed by atoms with Crippen molar-refractivity contribution in [2.24, 2.45) is 0 Å². The maximum absolute atomic E-state index is 14.3. The largest absolute Gasteiger partial charge is 0.497 e. The van der Waals surface area contributed by atoms with E-state index < -0.39 is 24.1 Å². The molecule has 0 aliphatic carbocycles. The zero-order valence-corrected chi connectivity index (χ0v) is 12.5. The number of hydrogen-bond acceptors (Lipinski definition) is 4. The lowest BCUT2D eigenvalue weighted by Gasteiger charge is -2.32. The highest BCUT2D eigenvalue weighted by molar-refractivity contribution is 6.62. The van der Waals surface area contributed by atoms with Crippen LogP contribution in [-0.4, -0.2) is 30.8 Å². The summed E-state index contributed by atoms with van der Waals surface area (Å²) in [4.78, 5) is 11.4. The summed E-state index contributed by atoms with van der Waals surface area (Å²) in [5.74, 6) is -0.440. The lowest BCUT2D eigenvalue weighted by molar-refractivity contribution is -0.118. The van der Waals surface area contributed by atoms with Crippen molar-refractivity contribution < 1.29 is 23.2 Å². The molecule has 5 nitrogen and oxygen atoms in total. The minimum absolute atomic E-state index is 0.109. The Bertz CT molecular complexity index is 601. The Morgan fingerprint density at radius 1 is 1.19 bits per heavy atom. The van der Waals surface area contributed by atoms with Gasteiger partial charge in [0.2, 0.25) is 0 Å². The Morgan fingerprint density at radius 3 is 2.43 bits per heavy atom. The molecular weight excluding hydrogens is 276 g/mol. The Kier molecular flexibility index (Phi) is 3.04. The SMILES string of the molecule is CC1(C)OB(c2cc3c(cc2F)OCC(=O)N3)OC1(C)C. The molecule has 0 atom stereocenters. The van der Waals surface area contributed by atoms with E-state index in [1.54, 1.807) is 0 Å². The number of halogens is 1. The molecule has 0 aromatic heterocycles. The number of anilines is 1. The predicted octanol–water partition coefficient (Wildman–Crippen LogP) is 1.46. The van der Waals surface area contributed by atoms with Gasteiger partial charge in [-0.2, -0.15) is 0 Å². The summed E-state index contributed by atoms with van der Waals surface area (Å²) >= 11 is 0. The van der Waals surface area contributed by atoms with Crippen molar-refractivity contribution in [3.63, 3.8) is 0 Å². The number of carbonyl (C=O) groups excluding carboxylic acids is 1. The number of ether oxygens (including phenoxy) is 1. The molecule has 0 saturated carbocycles.